The molecule has 0 fully saturated rings. The second-order valence-electron chi connectivity index (χ2n) is 4.00. The van der Waals surface area contributed by atoms with E-state index in [1.165, 1.54) is 0 Å². The summed E-state index contributed by atoms with van der Waals surface area (Å²) in [5.74, 6) is -0.0257. The van der Waals surface area contributed by atoms with Crippen molar-refractivity contribution in [3.8, 4) is 0 Å². The molecule has 0 aliphatic carbocycles. The molecule has 17 heavy (non-hydrogen) atoms. The largest absolute Gasteiger partial charge is 0.397 e. The molecule has 6 N–H and O–H groups in total. The summed E-state index contributed by atoms with van der Waals surface area (Å²) < 4.78 is 0. The zero-order valence-corrected chi connectivity index (χ0v) is 10.3. The van der Waals surface area contributed by atoms with E-state index in [1.807, 2.05) is 6.92 Å². The van der Waals surface area contributed by atoms with Crippen LogP contribution in [0.1, 0.15) is 20.3 Å². The summed E-state index contributed by atoms with van der Waals surface area (Å²) in [6.07, 6.45) is 0.924. The lowest BCUT2D eigenvalue weighted by atomic mass is 10.2. The highest BCUT2D eigenvalue weighted by Gasteiger charge is 2.11. The van der Waals surface area contributed by atoms with Crippen LogP contribution in [-0.2, 0) is 4.79 Å². The molecule has 1 aromatic carbocycles. The molecule has 1 amide bonds. The molecule has 94 valence electrons. The summed E-state index contributed by atoms with van der Waals surface area (Å²) in [5, 5.41) is 5.89. The van der Waals surface area contributed by atoms with Crippen LogP contribution in [0.15, 0.2) is 18.2 Å². The number of anilines is 3. The van der Waals surface area contributed by atoms with E-state index < -0.39 is 0 Å². The smallest absolute Gasteiger partial charge is 0.242 e. The second kappa shape index (κ2) is 5.98. The van der Waals surface area contributed by atoms with E-state index in [-0.39, 0.29) is 11.9 Å². The molecule has 0 aromatic heterocycles. The Bertz CT molecular complexity index is 392. The third-order valence-electron chi connectivity index (χ3n) is 2.41. The average Bonchev–Trinajstić information content (AvgIpc) is 2.30. The van der Waals surface area contributed by atoms with E-state index in [4.69, 9.17) is 11.5 Å². The highest BCUT2D eigenvalue weighted by Crippen LogP contribution is 2.20. The Morgan fingerprint density at radius 2 is 2.06 bits per heavy atom. The second-order valence-corrected chi connectivity index (χ2v) is 4.00. The van der Waals surface area contributed by atoms with Crippen molar-refractivity contribution >= 4 is 23.0 Å². The quantitative estimate of drug-likeness (QED) is 0.577. The van der Waals surface area contributed by atoms with E-state index in [9.17, 15) is 4.79 Å². The average molecular weight is 236 g/mol. The van der Waals surface area contributed by atoms with Crippen molar-refractivity contribution in [3.63, 3.8) is 0 Å². The van der Waals surface area contributed by atoms with Crippen molar-refractivity contribution in [2.75, 3.05) is 23.3 Å². The van der Waals surface area contributed by atoms with Crippen LogP contribution in [0.5, 0.6) is 0 Å². The first-order valence-electron chi connectivity index (χ1n) is 5.73. The predicted molar refractivity (Wildman–Crippen MR) is 71.7 cm³/mol. The summed E-state index contributed by atoms with van der Waals surface area (Å²) in [4.78, 5) is 11.6. The highest BCUT2D eigenvalue weighted by atomic mass is 16.2. The zero-order chi connectivity index (χ0) is 12.8. The van der Waals surface area contributed by atoms with Gasteiger partial charge in [0.2, 0.25) is 5.91 Å². The summed E-state index contributed by atoms with van der Waals surface area (Å²) in [6, 6.07) is 4.94. The van der Waals surface area contributed by atoms with Crippen LogP contribution in [-0.4, -0.2) is 18.5 Å². The van der Waals surface area contributed by atoms with E-state index in [0.29, 0.717) is 17.9 Å². The number of hydrogen-bond donors (Lipinski definition) is 4. The van der Waals surface area contributed by atoms with Crippen molar-refractivity contribution in [1.29, 1.82) is 0 Å². The maximum Gasteiger partial charge on any atom is 0.242 e. The molecular formula is C12H20N4O. The molecular weight excluding hydrogens is 216 g/mol. The van der Waals surface area contributed by atoms with Crippen LogP contribution >= 0.6 is 0 Å². The van der Waals surface area contributed by atoms with Crippen molar-refractivity contribution in [3.05, 3.63) is 18.2 Å². The Balaban J connectivity index is 2.58. The van der Waals surface area contributed by atoms with Gasteiger partial charge in [0.1, 0.15) is 6.04 Å². The molecule has 0 radical (unpaired) electrons. The van der Waals surface area contributed by atoms with Gasteiger partial charge in [-0.15, -0.1) is 0 Å². The fraction of sp³-hybridized carbons (Fsp3) is 0.417. The Labute approximate surface area is 102 Å². The minimum Gasteiger partial charge on any atom is -0.397 e. The number of nitrogens with one attached hydrogen (secondary N) is 2. The number of benzene rings is 1. The summed E-state index contributed by atoms with van der Waals surface area (Å²) in [6.45, 7) is 4.51. The first-order chi connectivity index (χ1) is 8.04. The summed E-state index contributed by atoms with van der Waals surface area (Å²) >= 11 is 0. The summed E-state index contributed by atoms with van der Waals surface area (Å²) in [7, 11) is 0. The fourth-order valence-corrected chi connectivity index (χ4v) is 1.38. The van der Waals surface area contributed by atoms with Gasteiger partial charge < -0.3 is 22.1 Å². The molecule has 1 rings (SSSR count). The zero-order valence-electron chi connectivity index (χ0n) is 10.3. The van der Waals surface area contributed by atoms with E-state index in [1.54, 1.807) is 25.1 Å². The third kappa shape index (κ3) is 3.86. The molecule has 0 aliphatic rings. The molecule has 0 bridgehead atoms. The predicted octanol–water partition coefficient (Wildman–Crippen LogP) is 1.18. The molecule has 1 aromatic rings. The number of rotatable bonds is 5. The van der Waals surface area contributed by atoms with Crippen molar-refractivity contribution in [2.45, 2.75) is 26.3 Å². The maximum atomic E-state index is 11.6. The van der Waals surface area contributed by atoms with Crippen LogP contribution in [0.4, 0.5) is 17.1 Å². The van der Waals surface area contributed by atoms with Gasteiger partial charge >= 0.3 is 0 Å². The monoisotopic (exact) mass is 236 g/mol. The number of hydrogen-bond acceptors (Lipinski definition) is 4. The van der Waals surface area contributed by atoms with Crippen molar-refractivity contribution in [2.24, 2.45) is 0 Å². The van der Waals surface area contributed by atoms with E-state index in [2.05, 4.69) is 10.6 Å². The van der Waals surface area contributed by atoms with Crippen LogP contribution in [0.25, 0.3) is 0 Å². The molecule has 0 heterocycles. The van der Waals surface area contributed by atoms with E-state index in [0.717, 1.165) is 12.1 Å². The lowest BCUT2D eigenvalue weighted by Gasteiger charge is -2.15. The van der Waals surface area contributed by atoms with Gasteiger partial charge in [-0.05, 0) is 31.5 Å². The van der Waals surface area contributed by atoms with Gasteiger partial charge in [-0.1, -0.05) is 6.92 Å². The Kier molecular flexibility index (Phi) is 4.63. The van der Waals surface area contributed by atoms with Gasteiger partial charge in [0, 0.05) is 12.2 Å². The molecule has 1 atom stereocenters. The van der Waals surface area contributed by atoms with Crippen LogP contribution in [0.2, 0.25) is 0 Å². The molecule has 0 saturated heterocycles. The molecule has 1 unspecified atom stereocenters. The topological polar surface area (TPSA) is 93.2 Å². The molecule has 5 heteroatoms. The van der Waals surface area contributed by atoms with Crippen molar-refractivity contribution in [1.82, 2.24) is 5.32 Å². The molecule has 0 spiro atoms. The van der Waals surface area contributed by atoms with E-state index >= 15 is 0 Å². The first-order valence-corrected chi connectivity index (χ1v) is 5.73. The number of carbonyl (C=O) groups is 1. The standard InChI is InChI=1S/C12H20N4O/c1-3-6-15-12(17)8(2)16-9-4-5-10(13)11(14)7-9/h4-5,7-8,16H,3,6,13-14H2,1-2H3,(H,15,17). The molecule has 0 aliphatic heterocycles. The van der Waals surface area contributed by atoms with Gasteiger partial charge in [-0.2, -0.15) is 0 Å². The van der Waals surface area contributed by atoms with Gasteiger partial charge in [-0.3, -0.25) is 4.79 Å². The van der Waals surface area contributed by atoms with Crippen LogP contribution in [0.3, 0.4) is 0 Å². The number of carbonyl (C=O) groups excluding carboxylic acids is 1. The van der Waals surface area contributed by atoms with Crippen LogP contribution < -0.4 is 22.1 Å². The third-order valence-corrected chi connectivity index (χ3v) is 2.41. The normalized spacial score (nSPS) is 11.9. The Hall–Kier alpha value is -1.91. The lowest BCUT2D eigenvalue weighted by molar-refractivity contribution is -0.121. The highest BCUT2D eigenvalue weighted by molar-refractivity contribution is 5.84. The maximum absolute atomic E-state index is 11.6. The number of amides is 1. The molecule has 5 nitrogen and oxygen atoms in total. The minimum absolute atomic E-state index is 0.0257. The Morgan fingerprint density at radius 1 is 1.35 bits per heavy atom. The van der Waals surface area contributed by atoms with Gasteiger partial charge in [-0.25, -0.2) is 0 Å². The SMILES string of the molecule is CCCNC(=O)C(C)Nc1ccc(N)c(N)c1. The number of nitrogens with two attached hydrogens (primary N) is 2. The first kappa shape index (κ1) is 13.2. The summed E-state index contributed by atoms with van der Waals surface area (Å²) in [5.41, 5.74) is 13.1. The minimum atomic E-state index is -0.301. The van der Waals surface area contributed by atoms with Gasteiger partial charge in [0.05, 0.1) is 11.4 Å². The fourth-order valence-electron chi connectivity index (χ4n) is 1.38. The van der Waals surface area contributed by atoms with Crippen LogP contribution in [0, 0.1) is 0 Å². The number of nitrogen functional groups attached to an aromatic ring is 2. The lowest BCUT2D eigenvalue weighted by Crippen LogP contribution is -2.37. The van der Waals surface area contributed by atoms with Gasteiger partial charge in [0.25, 0.3) is 0 Å². The Morgan fingerprint density at radius 3 is 2.65 bits per heavy atom. The van der Waals surface area contributed by atoms with Gasteiger partial charge in [0.15, 0.2) is 0 Å². The van der Waals surface area contributed by atoms with Crippen molar-refractivity contribution < 1.29 is 4.79 Å². The molecule has 0 saturated carbocycles.